The highest BCUT2D eigenvalue weighted by Crippen LogP contribution is 2.45. The minimum atomic E-state index is -0.816. The third-order valence-electron chi connectivity index (χ3n) is 6.98. The van der Waals surface area contributed by atoms with Gasteiger partial charge in [0.15, 0.2) is 0 Å². The summed E-state index contributed by atoms with van der Waals surface area (Å²) in [5.74, 6) is -0.967. The Hall–Kier alpha value is -3.86. The van der Waals surface area contributed by atoms with Crippen molar-refractivity contribution < 1.29 is 19.4 Å². The number of carbonyl (C=O) groups is 2. The van der Waals surface area contributed by atoms with E-state index in [1.807, 2.05) is 68.4 Å². The first kappa shape index (κ1) is 22.9. The molecule has 5 rings (SSSR count). The van der Waals surface area contributed by atoms with Crippen LogP contribution >= 0.6 is 0 Å². The minimum Gasteiger partial charge on any atom is -0.507 e. The Morgan fingerprint density at radius 1 is 0.914 bits per heavy atom. The number of hydrogen-bond donors (Lipinski definition) is 1. The van der Waals surface area contributed by atoms with Crippen LogP contribution in [0.15, 0.2) is 66.2 Å². The van der Waals surface area contributed by atoms with Gasteiger partial charge in [-0.25, -0.2) is 0 Å². The fourth-order valence-electron chi connectivity index (χ4n) is 5.41. The highest BCUT2D eigenvalue weighted by Gasteiger charge is 2.48. The van der Waals surface area contributed by atoms with E-state index in [2.05, 4.69) is 0 Å². The molecule has 1 saturated heterocycles. The molecule has 1 atom stereocenters. The van der Waals surface area contributed by atoms with E-state index < -0.39 is 17.7 Å². The number of rotatable bonds is 4. The van der Waals surface area contributed by atoms with Crippen molar-refractivity contribution in [1.29, 1.82) is 0 Å². The van der Waals surface area contributed by atoms with Gasteiger partial charge in [0.2, 0.25) is 0 Å². The maximum absolute atomic E-state index is 13.5. The van der Waals surface area contributed by atoms with Crippen molar-refractivity contribution in [3.05, 3.63) is 99.6 Å². The Morgan fingerprint density at radius 2 is 1.60 bits per heavy atom. The van der Waals surface area contributed by atoms with Gasteiger partial charge in [-0.3, -0.25) is 14.5 Å². The van der Waals surface area contributed by atoms with Crippen LogP contribution in [0.1, 0.15) is 52.3 Å². The molecule has 1 aliphatic heterocycles. The number of carbonyl (C=O) groups excluding carboxylic acids is 2. The van der Waals surface area contributed by atoms with E-state index in [0.717, 1.165) is 36.8 Å². The van der Waals surface area contributed by atoms with Crippen molar-refractivity contribution >= 4 is 23.1 Å². The van der Waals surface area contributed by atoms with Crippen LogP contribution in [0.4, 0.5) is 5.69 Å². The smallest absolute Gasteiger partial charge is 0.300 e. The summed E-state index contributed by atoms with van der Waals surface area (Å²) < 4.78 is 5.61. The lowest BCUT2D eigenvalue weighted by Gasteiger charge is -2.27. The Labute approximate surface area is 205 Å². The molecule has 1 unspecified atom stereocenters. The van der Waals surface area contributed by atoms with Gasteiger partial charge in [-0.15, -0.1) is 0 Å². The molecule has 1 N–H and O–H groups in total. The van der Waals surface area contributed by atoms with Crippen LogP contribution in [0.5, 0.6) is 5.75 Å². The summed E-state index contributed by atoms with van der Waals surface area (Å²) in [6.07, 6.45) is 4.24. The van der Waals surface area contributed by atoms with E-state index in [0.29, 0.717) is 22.6 Å². The number of amides is 1. The van der Waals surface area contributed by atoms with E-state index in [9.17, 15) is 14.7 Å². The lowest BCUT2D eigenvalue weighted by molar-refractivity contribution is -0.132. The molecule has 0 bridgehead atoms. The van der Waals surface area contributed by atoms with E-state index in [-0.39, 0.29) is 11.3 Å². The summed E-state index contributed by atoms with van der Waals surface area (Å²) in [5.41, 5.74) is 6.34. The molecule has 1 heterocycles. The second-order valence-corrected chi connectivity index (χ2v) is 9.45. The number of anilines is 1. The molecule has 3 aromatic rings. The fourth-order valence-corrected chi connectivity index (χ4v) is 5.41. The van der Waals surface area contributed by atoms with Crippen LogP contribution in [0.2, 0.25) is 0 Å². The number of ketones is 1. The third-order valence-corrected chi connectivity index (χ3v) is 6.98. The van der Waals surface area contributed by atoms with Gasteiger partial charge < -0.3 is 9.84 Å². The lowest BCUT2D eigenvalue weighted by Crippen LogP contribution is -2.29. The maximum Gasteiger partial charge on any atom is 0.300 e. The number of aryl methyl sites for hydroxylation is 4. The number of fused-ring (bicyclic) bond motifs is 1. The highest BCUT2D eigenvalue weighted by molar-refractivity contribution is 6.51. The zero-order valence-corrected chi connectivity index (χ0v) is 20.3. The van der Waals surface area contributed by atoms with Crippen LogP contribution in [-0.4, -0.2) is 23.9 Å². The molecular weight excluding hydrogens is 438 g/mol. The quantitative estimate of drug-likeness (QED) is 0.298. The monoisotopic (exact) mass is 467 g/mol. The summed E-state index contributed by atoms with van der Waals surface area (Å²) in [6, 6.07) is 18.2. The molecule has 0 radical (unpaired) electrons. The summed E-state index contributed by atoms with van der Waals surface area (Å²) in [4.78, 5) is 28.5. The minimum absolute atomic E-state index is 0.0782. The van der Waals surface area contributed by atoms with Crippen LogP contribution in [0, 0.1) is 13.8 Å². The average Bonchev–Trinajstić information content (AvgIpc) is 3.12. The van der Waals surface area contributed by atoms with Gasteiger partial charge in [0, 0.05) is 16.8 Å². The van der Waals surface area contributed by atoms with Crippen molar-refractivity contribution in [3.63, 3.8) is 0 Å². The number of aliphatic hydroxyl groups is 1. The molecule has 0 aromatic heterocycles. The molecular formula is C30H29NO4. The first-order valence-electron chi connectivity index (χ1n) is 12.0. The van der Waals surface area contributed by atoms with E-state index in [1.54, 1.807) is 13.2 Å². The number of ether oxygens (including phenoxy) is 1. The molecule has 1 amide bonds. The van der Waals surface area contributed by atoms with Crippen LogP contribution < -0.4 is 9.64 Å². The van der Waals surface area contributed by atoms with Gasteiger partial charge in [-0.05, 0) is 86.1 Å². The summed E-state index contributed by atoms with van der Waals surface area (Å²) in [6.45, 7) is 3.91. The number of methoxy groups -OCH3 is 1. The van der Waals surface area contributed by atoms with Gasteiger partial charge in [0.25, 0.3) is 11.7 Å². The largest absolute Gasteiger partial charge is 0.507 e. The number of para-hydroxylation sites is 1. The highest BCUT2D eigenvalue weighted by atomic mass is 16.5. The Bertz CT molecular complexity index is 1350. The van der Waals surface area contributed by atoms with Crippen LogP contribution in [0.3, 0.4) is 0 Å². The van der Waals surface area contributed by atoms with E-state index >= 15 is 0 Å². The van der Waals surface area contributed by atoms with E-state index in [1.165, 1.54) is 16.0 Å². The first-order chi connectivity index (χ1) is 16.9. The topological polar surface area (TPSA) is 66.8 Å². The van der Waals surface area contributed by atoms with Crippen molar-refractivity contribution in [1.82, 2.24) is 0 Å². The molecule has 0 saturated carbocycles. The second kappa shape index (κ2) is 9.06. The summed E-state index contributed by atoms with van der Waals surface area (Å²) >= 11 is 0. The summed E-state index contributed by atoms with van der Waals surface area (Å²) in [5, 5.41) is 11.5. The predicted octanol–water partition coefficient (Wildman–Crippen LogP) is 5.82. The maximum atomic E-state index is 13.5. The Morgan fingerprint density at radius 3 is 2.31 bits per heavy atom. The van der Waals surface area contributed by atoms with E-state index in [4.69, 9.17) is 4.74 Å². The van der Waals surface area contributed by atoms with Crippen LogP contribution in [-0.2, 0) is 22.4 Å². The third kappa shape index (κ3) is 4.01. The Kier molecular flexibility index (Phi) is 5.93. The average molecular weight is 468 g/mol. The number of benzene rings is 3. The molecule has 5 heteroatoms. The summed E-state index contributed by atoms with van der Waals surface area (Å²) in [7, 11) is 1.56. The number of hydrogen-bond acceptors (Lipinski definition) is 4. The Balaban J connectivity index is 1.74. The molecule has 1 fully saturated rings. The zero-order valence-electron chi connectivity index (χ0n) is 20.3. The molecule has 178 valence electrons. The molecule has 0 spiro atoms. The van der Waals surface area contributed by atoms with Crippen molar-refractivity contribution in [2.24, 2.45) is 0 Å². The van der Waals surface area contributed by atoms with Gasteiger partial charge in [0.1, 0.15) is 11.5 Å². The number of nitrogens with zero attached hydrogens (tertiary/aromatic N) is 1. The second-order valence-electron chi connectivity index (χ2n) is 9.45. The number of aliphatic hydroxyl groups excluding tert-OH is 1. The predicted molar refractivity (Wildman–Crippen MR) is 137 cm³/mol. The molecule has 2 aliphatic rings. The van der Waals surface area contributed by atoms with Gasteiger partial charge in [-0.2, -0.15) is 0 Å². The van der Waals surface area contributed by atoms with Gasteiger partial charge >= 0.3 is 0 Å². The zero-order chi connectivity index (χ0) is 24.7. The van der Waals surface area contributed by atoms with Crippen LogP contribution in [0.25, 0.3) is 5.76 Å². The molecule has 3 aromatic carbocycles. The molecule has 1 aliphatic carbocycles. The SMILES string of the molecule is COc1ccccc1C1/C(=C(\O)c2ccc3c(c2)CCCC3)C(=O)C(=O)N1c1cc(C)cc(C)c1. The van der Waals surface area contributed by atoms with Gasteiger partial charge in [0.05, 0.1) is 18.7 Å². The van der Waals surface area contributed by atoms with Crippen molar-refractivity contribution in [2.45, 2.75) is 45.6 Å². The van der Waals surface area contributed by atoms with Crippen molar-refractivity contribution in [3.8, 4) is 5.75 Å². The molecule has 5 nitrogen and oxygen atoms in total. The molecule has 35 heavy (non-hydrogen) atoms. The first-order valence-corrected chi connectivity index (χ1v) is 12.0. The fraction of sp³-hybridized carbons (Fsp3) is 0.267. The standard InChI is InChI=1S/C30H29NO4/c1-18-14-19(2)16-23(15-18)31-27(24-10-6-7-11-25(24)35-3)26(29(33)30(31)34)28(32)22-13-12-20-8-4-5-9-21(20)17-22/h6-7,10-17,27,32H,4-5,8-9H2,1-3H3/b28-26+. The lowest BCUT2D eigenvalue weighted by atomic mass is 9.88. The van der Waals surface area contributed by atoms with Crippen molar-refractivity contribution in [2.75, 3.05) is 12.0 Å². The normalized spacial score (nSPS) is 19.1. The number of Topliss-reactive ketones (excluding diaryl/α,β-unsaturated/α-hetero) is 1. The van der Waals surface area contributed by atoms with Gasteiger partial charge in [-0.1, -0.05) is 36.4 Å².